The highest BCUT2D eigenvalue weighted by Crippen LogP contribution is 2.33. The van der Waals surface area contributed by atoms with Gasteiger partial charge >= 0.3 is 11.8 Å². The molecule has 0 atom stereocenters. The minimum absolute atomic E-state index is 0.604. The second-order valence-electron chi connectivity index (χ2n) is 7.41. The Morgan fingerprint density at radius 2 is 1.35 bits per heavy atom. The van der Waals surface area contributed by atoms with E-state index in [0.717, 1.165) is 28.6 Å². The average Bonchev–Trinajstić information content (AvgIpc) is 2.82. The number of amides is 2. The molecule has 5 nitrogen and oxygen atoms in total. The molecule has 31 heavy (non-hydrogen) atoms. The molecule has 0 radical (unpaired) electrons. The van der Waals surface area contributed by atoms with Crippen molar-refractivity contribution in [3.63, 3.8) is 0 Å². The third-order valence-corrected chi connectivity index (χ3v) is 6.24. The molecule has 0 bridgehead atoms. The fourth-order valence-corrected chi connectivity index (χ4v) is 4.47. The number of piperidine rings is 1. The van der Waals surface area contributed by atoms with Crippen LogP contribution in [0.3, 0.4) is 0 Å². The normalized spacial score (nSPS) is 13.5. The Labute approximate surface area is 186 Å². The van der Waals surface area contributed by atoms with E-state index in [9.17, 15) is 9.59 Å². The Bertz CT molecular complexity index is 1030. The number of hydrogen-bond acceptors (Lipinski definition) is 4. The summed E-state index contributed by atoms with van der Waals surface area (Å²) >= 11 is 1.54. The maximum absolute atomic E-state index is 12.5. The number of carbonyl (C=O) groups is 2. The van der Waals surface area contributed by atoms with Gasteiger partial charge in [-0.15, -0.1) is 0 Å². The van der Waals surface area contributed by atoms with Gasteiger partial charge in [0.1, 0.15) is 0 Å². The summed E-state index contributed by atoms with van der Waals surface area (Å²) in [6, 6.07) is 25.0. The van der Waals surface area contributed by atoms with E-state index in [1.54, 1.807) is 6.07 Å². The molecular formula is C25H25N3O2S. The van der Waals surface area contributed by atoms with Gasteiger partial charge in [0.05, 0.1) is 5.69 Å². The number of rotatable bonds is 5. The molecule has 0 aromatic heterocycles. The van der Waals surface area contributed by atoms with Crippen molar-refractivity contribution in [3.8, 4) is 0 Å². The van der Waals surface area contributed by atoms with Crippen LogP contribution in [0.1, 0.15) is 19.3 Å². The van der Waals surface area contributed by atoms with E-state index < -0.39 is 11.8 Å². The standard InChI is InChI=1S/C25H25N3O2S/c29-24(26-19-13-15-20(16-14-19)28-17-7-2-8-18-28)25(30)27-22-11-5-6-12-23(22)31-21-9-3-1-4-10-21/h1,3-6,9-16H,2,7-8,17-18H2,(H,26,29)(H,27,30). The summed E-state index contributed by atoms with van der Waals surface area (Å²) in [7, 11) is 0. The van der Waals surface area contributed by atoms with Gasteiger partial charge in [-0.05, 0) is 67.8 Å². The van der Waals surface area contributed by atoms with Crippen molar-refractivity contribution >= 4 is 40.6 Å². The predicted octanol–water partition coefficient (Wildman–Crippen LogP) is 5.41. The lowest BCUT2D eigenvalue weighted by molar-refractivity contribution is -0.133. The van der Waals surface area contributed by atoms with Crippen LogP contribution in [-0.4, -0.2) is 24.9 Å². The Morgan fingerprint density at radius 3 is 2.10 bits per heavy atom. The third-order valence-electron chi connectivity index (χ3n) is 5.16. The molecule has 3 aromatic rings. The lowest BCUT2D eigenvalue weighted by Crippen LogP contribution is -2.30. The van der Waals surface area contributed by atoms with Gasteiger partial charge in [-0.25, -0.2) is 0 Å². The molecule has 2 N–H and O–H groups in total. The maximum Gasteiger partial charge on any atom is 0.314 e. The molecule has 3 aromatic carbocycles. The van der Waals surface area contributed by atoms with Crippen molar-refractivity contribution in [2.24, 2.45) is 0 Å². The van der Waals surface area contributed by atoms with E-state index >= 15 is 0 Å². The maximum atomic E-state index is 12.5. The first kappa shape index (κ1) is 21.0. The molecule has 1 aliphatic heterocycles. The van der Waals surface area contributed by atoms with E-state index in [0.29, 0.717) is 11.4 Å². The quantitative estimate of drug-likeness (QED) is 0.531. The molecule has 4 rings (SSSR count). The highest BCUT2D eigenvalue weighted by Gasteiger charge is 2.17. The molecule has 6 heteroatoms. The molecule has 2 amide bonds. The van der Waals surface area contributed by atoms with Crippen molar-refractivity contribution < 1.29 is 9.59 Å². The fourth-order valence-electron chi connectivity index (χ4n) is 3.55. The highest BCUT2D eigenvalue weighted by molar-refractivity contribution is 7.99. The van der Waals surface area contributed by atoms with E-state index in [2.05, 4.69) is 15.5 Å². The van der Waals surface area contributed by atoms with Crippen LogP contribution in [-0.2, 0) is 9.59 Å². The molecule has 1 fully saturated rings. The Hall–Kier alpha value is -3.25. The molecule has 0 spiro atoms. The van der Waals surface area contributed by atoms with Crippen molar-refractivity contribution in [1.82, 2.24) is 0 Å². The van der Waals surface area contributed by atoms with Crippen LogP contribution in [0, 0.1) is 0 Å². The van der Waals surface area contributed by atoms with Crippen LogP contribution >= 0.6 is 11.8 Å². The van der Waals surface area contributed by atoms with Gasteiger partial charge in [0.25, 0.3) is 0 Å². The van der Waals surface area contributed by atoms with Crippen LogP contribution in [0.2, 0.25) is 0 Å². The first-order valence-electron chi connectivity index (χ1n) is 10.5. The zero-order chi connectivity index (χ0) is 21.5. The SMILES string of the molecule is O=C(Nc1ccc(N2CCCCC2)cc1)C(=O)Nc1ccccc1Sc1ccccc1. The zero-order valence-corrected chi connectivity index (χ0v) is 18.0. The Balaban J connectivity index is 1.37. The minimum atomic E-state index is -0.693. The average molecular weight is 432 g/mol. The van der Waals surface area contributed by atoms with Crippen molar-refractivity contribution in [1.29, 1.82) is 0 Å². The van der Waals surface area contributed by atoms with Crippen LogP contribution in [0.25, 0.3) is 0 Å². The molecule has 1 heterocycles. The number of para-hydroxylation sites is 1. The van der Waals surface area contributed by atoms with Gasteiger partial charge in [0.15, 0.2) is 0 Å². The first-order valence-corrected chi connectivity index (χ1v) is 11.3. The second kappa shape index (κ2) is 10.2. The van der Waals surface area contributed by atoms with Gasteiger partial charge in [-0.3, -0.25) is 9.59 Å². The fraction of sp³-hybridized carbons (Fsp3) is 0.200. The summed E-state index contributed by atoms with van der Waals surface area (Å²) in [5.41, 5.74) is 2.36. The van der Waals surface area contributed by atoms with Gasteiger partial charge < -0.3 is 15.5 Å². The van der Waals surface area contributed by atoms with Crippen LogP contribution < -0.4 is 15.5 Å². The highest BCUT2D eigenvalue weighted by atomic mass is 32.2. The zero-order valence-electron chi connectivity index (χ0n) is 17.2. The summed E-state index contributed by atoms with van der Waals surface area (Å²) in [5.74, 6) is -1.38. The van der Waals surface area contributed by atoms with E-state index in [1.165, 1.54) is 31.0 Å². The molecule has 1 saturated heterocycles. The molecule has 0 aliphatic carbocycles. The molecule has 0 unspecified atom stereocenters. The van der Waals surface area contributed by atoms with Gasteiger partial charge in [-0.1, -0.05) is 42.1 Å². The van der Waals surface area contributed by atoms with Crippen LogP contribution in [0.5, 0.6) is 0 Å². The smallest absolute Gasteiger partial charge is 0.314 e. The summed E-state index contributed by atoms with van der Waals surface area (Å²) in [5, 5.41) is 5.42. The molecule has 0 saturated carbocycles. The predicted molar refractivity (Wildman–Crippen MR) is 127 cm³/mol. The van der Waals surface area contributed by atoms with Gasteiger partial charge in [0.2, 0.25) is 0 Å². The van der Waals surface area contributed by atoms with E-state index in [4.69, 9.17) is 0 Å². The van der Waals surface area contributed by atoms with E-state index in [-0.39, 0.29) is 0 Å². The van der Waals surface area contributed by atoms with Gasteiger partial charge in [0, 0.05) is 34.3 Å². The lowest BCUT2D eigenvalue weighted by atomic mass is 10.1. The minimum Gasteiger partial charge on any atom is -0.372 e. The summed E-state index contributed by atoms with van der Waals surface area (Å²) < 4.78 is 0. The first-order chi connectivity index (χ1) is 15.2. The van der Waals surface area contributed by atoms with Crippen molar-refractivity contribution in [3.05, 3.63) is 78.9 Å². The number of nitrogens with zero attached hydrogens (tertiary/aromatic N) is 1. The topological polar surface area (TPSA) is 61.4 Å². The third kappa shape index (κ3) is 5.67. The summed E-state index contributed by atoms with van der Waals surface area (Å²) in [4.78, 5) is 29.2. The van der Waals surface area contributed by atoms with Crippen molar-refractivity contribution in [2.75, 3.05) is 28.6 Å². The number of anilines is 3. The van der Waals surface area contributed by atoms with Crippen LogP contribution in [0.4, 0.5) is 17.1 Å². The molecular weight excluding hydrogens is 406 g/mol. The Kier molecular flexibility index (Phi) is 6.89. The second-order valence-corrected chi connectivity index (χ2v) is 8.53. The lowest BCUT2D eigenvalue weighted by Gasteiger charge is -2.28. The van der Waals surface area contributed by atoms with Crippen molar-refractivity contribution in [2.45, 2.75) is 29.1 Å². The molecule has 158 valence electrons. The number of hydrogen-bond donors (Lipinski definition) is 2. The van der Waals surface area contributed by atoms with Crippen LogP contribution in [0.15, 0.2) is 88.7 Å². The molecule has 1 aliphatic rings. The number of carbonyl (C=O) groups excluding carboxylic acids is 2. The summed E-state index contributed by atoms with van der Waals surface area (Å²) in [6.45, 7) is 2.13. The number of nitrogens with one attached hydrogen (secondary N) is 2. The van der Waals surface area contributed by atoms with E-state index in [1.807, 2.05) is 72.8 Å². The monoisotopic (exact) mass is 431 g/mol. The number of benzene rings is 3. The Morgan fingerprint density at radius 1 is 0.710 bits per heavy atom. The largest absolute Gasteiger partial charge is 0.372 e. The summed E-state index contributed by atoms with van der Waals surface area (Å²) in [6.07, 6.45) is 3.71. The van der Waals surface area contributed by atoms with Gasteiger partial charge in [-0.2, -0.15) is 0 Å².